The van der Waals surface area contributed by atoms with Crippen molar-refractivity contribution in [2.75, 3.05) is 11.5 Å². The van der Waals surface area contributed by atoms with E-state index in [4.69, 9.17) is 10.00 Å². The molecule has 0 saturated carbocycles. The summed E-state index contributed by atoms with van der Waals surface area (Å²) >= 11 is 0. The monoisotopic (exact) mass is 280 g/mol. The van der Waals surface area contributed by atoms with E-state index in [1.807, 2.05) is 42.5 Å². The fourth-order valence-corrected chi connectivity index (χ4v) is 1.94. The molecule has 106 valence electrons. The molecular formula is C17H16N2O2. The van der Waals surface area contributed by atoms with E-state index < -0.39 is 0 Å². The van der Waals surface area contributed by atoms with Gasteiger partial charge in [0.2, 0.25) is 0 Å². The van der Waals surface area contributed by atoms with Crippen LogP contribution in [0.15, 0.2) is 54.6 Å². The Bertz CT molecular complexity index is 630. The van der Waals surface area contributed by atoms with Gasteiger partial charge in [-0.1, -0.05) is 30.3 Å². The van der Waals surface area contributed by atoms with Crippen LogP contribution in [0, 0.1) is 11.3 Å². The number of anilines is 1. The molecule has 0 spiro atoms. The van der Waals surface area contributed by atoms with Gasteiger partial charge in [-0.05, 0) is 36.8 Å². The van der Waals surface area contributed by atoms with Crippen molar-refractivity contribution in [2.24, 2.45) is 0 Å². The van der Waals surface area contributed by atoms with Crippen molar-refractivity contribution in [3.05, 3.63) is 65.7 Å². The zero-order valence-corrected chi connectivity index (χ0v) is 11.8. The number of para-hydroxylation sites is 1. The fraction of sp³-hybridized carbons (Fsp3) is 0.176. The third-order valence-corrected chi connectivity index (χ3v) is 2.98. The first kappa shape index (κ1) is 14.6. The van der Waals surface area contributed by atoms with Crippen molar-refractivity contribution in [3.8, 4) is 6.07 Å². The maximum atomic E-state index is 12.1. The lowest BCUT2D eigenvalue weighted by Crippen LogP contribution is -2.31. The Morgan fingerprint density at radius 2 is 1.81 bits per heavy atom. The highest BCUT2D eigenvalue weighted by Gasteiger charge is 2.17. The molecule has 2 aromatic carbocycles. The summed E-state index contributed by atoms with van der Waals surface area (Å²) in [5, 5.41) is 8.81. The smallest absolute Gasteiger partial charge is 0.414 e. The van der Waals surface area contributed by atoms with Crippen LogP contribution in [0.25, 0.3) is 0 Å². The van der Waals surface area contributed by atoms with Crippen molar-refractivity contribution >= 4 is 11.8 Å². The fourth-order valence-electron chi connectivity index (χ4n) is 1.94. The lowest BCUT2D eigenvalue weighted by Gasteiger charge is -2.22. The molecule has 0 bridgehead atoms. The average Bonchev–Trinajstić information content (AvgIpc) is 2.54. The molecule has 0 saturated heterocycles. The second kappa shape index (κ2) is 7.11. The number of ether oxygens (including phenoxy) is 1. The summed E-state index contributed by atoms with van der Waals surface area (Å²) in [5.74, 6) is 0. The van der Waals surface area contributed by atoms with Crippen molar-refractivity contribution in [3.63, 3.8) is 0 Å². The number of hydrogen-bond donors (Lipinski definition) is 0. The summed E-state index contributed by atoms with van der Waals surface area (Å²) < 4.78 is 5.11. The molecule has 2 rings (SSSR count). The van der Waals surface area contributed by atoms with Gasteiger partial charge in [0.25, 0.3) is 0 Å². The molecule has 4 nitrogen and oxygen atoms in total. The van der Waals surface area contributed by atoms with E-state index in [1.54, 1.807) is 24.0 Å². The van der Waals surface area contributed by atoms with E-state index in [-0.39, 0.29) is 6.09 Å². The number of nitriles is 1. The maximum absolute atomic E-state index is 12.1. The van der Waals surface area contributed by atoms with Gasteiger partial charge in [0.05, 0.1) is 24.8 Å². The number of carbonyl (C=O) groups excluding carboxylic acids is 1. The lowest BCUT2D eigenvalue weighted by molar-refractivity contribution is 0.159. The van der Waals surface area contributed by atoms with Gasteiger partial charge in [0.1, 0.15) is 0 Å². The van der Waals surface area contributed by atoms with Crippen molar-refractivity contribution in [1.29, 1.82) is 5.26 Å². The van der Waals surface area contributed by atoms with Gasteiger partial charge < -0.3 is 4.74 Å². The van der Waals surface area contributed by atoms with E-state index in [2.05, 4.69) is 6.07 Å². The summed E-state index contributed by atoms with van der Waals surface area (Å²) in [6.45, 7) is 2.51. The molecule has 0 N–H and O–H groups in total. The summed E-state index contributed by atoms with van der Waals surface area (Å²) in [6.07, 6.45) is -0.381. The first-order chi connectivity index (χ1) is 10.2. The van der Waals surface area contributed by atoms with Gasteiger partial charge in [-0.3, -0.25) is 4.90 Å². The predicted octanol–water partition coefficient (Wildman–Crippen LogP) is 3.72. The number of rotatable bonds is 4. The number of nitrogens with zero attached hydrogens (tertiary/aromatic N) is 2. The third kappa shape index (κ3) is 3.83. The Morgan fingerprint density at radius 3 is 2.38 bits per heavy atom. The molecule has 2 aromatic rings. The van der Waals surface area contributed by atoms with Gasteiger partial charge in [-0.25, -0.2) is 4.79 Å². The van der Waals surface area contributed by atoms with E-state index in [0.717, 1.165) is 11.3 Å². The predicted molar refractivity (Wildman–Crippen MR) is 80.8 cm³/mol. The number of benzene rings is 2. The number of carbonyl (C=O) groups is 1. The van der Waals surface area contributed by atoms with Gasteiger partial charge in [0, 0.05) is 5.69 Å². The SMILES string of the molecule is CCOC(=O)N(Cc1ccc(C#N)cc1)c1ccccc1. The third-order valence-electron chi connectivity index (χ3n) is 2.98. The quantitative estimate of drug-likeness (QED) is 0.857. The minimum Gasteiger partial charge on any atom is -0.449 e. The summed E-state index contributed by atoms with van der Waals surface area (Å²) in [7, 11) is 0. The van der Waals surface area contributed by atoms with Gasteiger partial charge in [-0.2, -0.15) is 5.26 Å². The number of amides is 1. The Balaban J connectivity index is 2.23. The van der Waals surface area contributed by atoms with Crippen LogP contribution >= 0.6 is 0 Å². The van der Waals surface area contributed by atoms with Crippen LogP contribution in [0.4, 0.5) is 10.5 Å². The van der Waals surface area contributed by atoms with Crippen molar-refractivity contribution in [1.82, 2.24) is 0 Å². The van der Waals surface area contributed by atoms with Crippen molar-refractivity contribution < 1.29 is 9.53 Å². The Morgan fingerprint density at radius 1 is 1.14 bits per heavy atom. The molecule has 0 radical (unpaired) electrons. The summed E-state index contributed by atoms with van der Waals surface area (Å²) in [5.41, 5.74) is 2.31. The number of hydrogen-bond acceptors (Lipinski definition) is 3. The zero-order chi connectivity index (χ0) is 15.1. The largest absolute Gasteiger partial charge is 0.449 e. The van der Waals surface area contributed by atoms with E-state index in [0.29, 0.717) is 18.7 Å². The molecule has 4 heteroatoms. The second-order valence-corrected chi connectivity index (χ2v) is 4.43. The molecule has 0 atom stereocenters. The van der Waals surface area contributed by atoms with Crippen LogP contribution in [-0.4, -0.2) is 12.7 Å². The molecule has 0 aliphatic rings. The highest BCUT2D eigenvalue weighted by atomic mass is 16.6. The second-order valence-electron chi connectivity index (χ2n) is 4.43. The maximum Gasteiger partial charge on any atom is 0.414 e. The molecule has 0 aliphatic carbocycles. The van der Waals surface area contributed by atoms with E-state index in [9.17, 15) is 4.79 Å². The van der Waals surface area contributed by atoms with Crippen LogP contribution in [-0.2, 0) is 11.3 Å². The minimum absolute atomic E-state index is 0.329. The highest BCUT2D eigenvalue weighted by molar-refractivity contribution is 5.87. The average molecular weight is 280 g/mol. The Kier molecular flexibility index (Phi) is 4.94. The molecule has 0 unspecified atom stereocenters. The highest BCUT2D eigenvalue weighted by Crippen LogP contribution is 2.18. The molecule has 0 aliphatic heterocycles. The van der Waals surface area contributed by atoms with Gasteiger partial charge in [0.15, 0.2) is 0 Å². The minimum atomic E-state index is -0.381. The topological polar surface area (TPSA) is 53.3 Å². The normalized spacial score (nSPS) is 9.71. The molecule has 0 heterocycles. The van der Waals surface area contributed by atoms with Crippen LogP contribution < -0.4 is 4.90 Å². The van der Waals surface area contributed by atoms with Crippen LogP contribution in [0.2, 0.25) is 0 Å². The molecule has 0 fully saturated rings. The standard InChI is InChI=1S/C17H16N2O2/c1-2-21-17(20)19(16-6-4-3-5-7-16)13-15-10-8-14(12-18)9-11-15/h3-11H,2,13H2,1H3. The zero-order valence-electron chi connectivity index (χ0n) is 11.8. The lowest BCUT2D eigenvalue weighted by atomic mass is 10.1. The van der Waals surface area contributed by atoms with Gasteiger partial charge in [-0.15, -0.1) is 0 Å². The summed E-state index contributed by atoms with van der Waals surface area (Å²) in [4.78, 5) is 13.7. The van der Waals surface area contributed by atoms with Crippen LogP contribution in [0.1, 0.15) is 18.1 Å². The molecule has 0 aromatic heterocycles. The molecule has 1 amide bonds. The summed E-state index contributed by atoms with van der Waals surface area (Å²) in [6, 6.07) is 18.6. The van der Waals surface area contributed by atoms with E-state index in [1.165, 1.54) is 0 Å². The first-order valence-electron chi connectivity index (χ1n) is 6.73. The van der Waals surface area contributed by atoms with Crippen LogP contribution in [0.5, 0.6) is 0 Å². The molecular weight excluding hydrogens is 264 g/mol. The Labute approximate surface area is 124 Å². The first-order valence-corrected chi connectivity index (χ1v) is 6.73. The van der Waals surface area contributed by atoms with Crippen molar-refractivity contribution in [2.45, 2.75) is 13.5 Å². The molecule has 21 heavy (non-hydrogen) atoms. The van der Waals surface area contributed by atoms with E-state index >= 15 is 0 Å². The van der Waals surface area contributed by atoms with Crippen LogP contribution in [0.3, 0.4) is 0 Å². The van der Waals surface area contributed by atoms with Gasteiger partial charge >= 0.3 is 6.09 Å². The Hall–Kier alpha value is -2.80.